The van der Waals surface area contributed by atoms with Gasteiger partial charge in [0.2, 0.25) is 0 Å². The number of hydrogen-bond acceptors (Lipinski definition) is 3. The van der Waals surface area contributed by atoms with Crippen molar-refractivity contribution in [2.75, 3.05) is 6.54 Å². The topological polar surface area (TPSA) is 60.8 Å². The number of nitrogens with zero attached hydrogens (tertiary/aromatic N) is 1. The van der Waals surface area contributed by atoms with E-state index in [0.29, 0.717) is 18.5 Å². The van der Waals surface area contributed by atoms with Crippen LogP contribution in [-0.4, -0.2) is 33.7 Å². The highest BCUT2D eigenvalue weighted by atomic mass is 19.1. The van der Waals surface area contributed by atoms with Gasteiger partial charge in [-0.2, -0.15) is 0 Å². The van der Waals surface area contributed by atoms with E-state index in [4.69, 9.17) is 5.11 Å². The third-order valence-corrected chi connectivity index (χ3v) is 3.40. The van der Waals surface area contributed by atoms with Crippen LogP contribution >= 0.6 is 0 Å². The van der Waals surface area contributed by atoms with Crippen molar-refractivity contribution in [3.63, 3.8) is 0 Å². The summed E-state index contributed by atoms with van der Waals surface area (Å²) in [6.45, 7) is 6.47. The predicted octanol–water partition coefficient (Wildman–Crippen LogP) is 3.17. The van der Waals surface area contributed by atoms with E-state index in [-0.39, 0.29) is 24.3 Å². The summed E-state index contributed by atoms with van der Waals surface area (Å²) >= 11 is 0. The van der Waals surface area contributed by atoms with Gasteiger partial charge in [-0.05, 0) is 39.8 Å². The summed E-state index contributed by atoms with van der Waals surface area (Å²) in [5.74, 6) is -1.36. The molecule has 0 aliphatic heterocycles. The SMILES string of the molecule is CC(C)N(CCCC(=O)O)C(C)c1ccc(O)cc1F. The minimum atomic E-state index is -0.822. The van der Waals surface area contributed by atoms with E-state index in [1.165, 1.54) is 6.07 Å². The van der Waals surface area contributed by atoms with E-state index >= 15 is 0 Å². The summed E-state index contributed by atoms with van der Waals surface area (Å²) < 4.78 is 13.9. The summed E-state index contributed by atoms with van der Waals surface area (Å²) in [5.41, 5.74) is 0.506. The molecule has 0 bridgehead atoms. The largest absolute Gasteiger partial charge is 0.508 e. The van der Waals surface area contributed by atoms with Gasteiger partial charge in [0, 0.05) is 30.1 Å². The van der Waals surface area contributed by atoms with Crippen LogP contribution in [0, 0.1) is 5.82 Å². The van der Waals surface area contributed by atoms with Crippen molar-refractivity contribution >= 4 is 5.97 Å². The van der Waals surface area contributed by atoms with Crippen LogP contribution in [0.4, 0.5) is 4.39 Å². The Labute approximate surface area is 118 Å². The van der Waals surface area contributed by atoms with Gasteiger partial charge in [0.25, 0.3) is 0 Å². The summed E-state index contributed by atoms with van der Waals surface area (Å²) in [7, 11) is 0. The maximum Gasteiger partial charge on any atom is 0.303 e. The zero-order chi connectivity index (χ0) is 15.3. The van der Waals surface area contributed by atoms with Crippen molar-refractivity contribution in [1.29, 1.82) is 0 Å². The van der Waals surface area contributed by atoms with E-state index in [1.54, 1.807) is 6.07 Å². The van der Waals surface area contributed by atoms with Crippen LogP contribution in [0.1, 0.15) is 45.2 Å². The van der Waals surface area contributed by atoms with Crippen molar-refractivity contribution in [2.24, 2.45) is 0 Å². The number of phenolic OH excluding ortho intramolecular Hbond substituents is 1. The fraction of sp³-hybridized carbons (Fsp3) is 0.533. The molecule has 0 aliphatic rings. The minimum absolute atomic E-state index is 0.0968. The van der Waals surface area contributed by atoms with E-state index in [2.05, 4.69) is 4.90 Å². The number of carboxylic acid groups (broad SMARTS) is 1. The van der Waals surface area contributed by atoms with Gasteiger partial charge in [-0.25, -0.2) is 4.39 Å². The number of rotatable bonds is 7. The first-order chi connectivity index (χ1) is 9.32. The van der Waals surface area contributed by atoms with E-state index < -0.39 is 11.8 Å². The maximum atomic E-state index is 13.9. The van der Waals surface area contributed by atoms with Gasteiger partial charge in [-0.1, -0.05) is 6.07 Å². The second kappa shape index (κ2) is 7.24. The molecule has 0 aromatic heterocycles. The number of hydrogen-bond donors (Lipinski definition) is 2. The van der Waals surface area contributed by atoms with Crippen molar-refractivity contribution in [2.45, 2.75) is 45.7 Å². The molecule has 2 N–H and O–H groups in total. The first-order valence-electron chi connectivity index (χ1n) is 6.79. The lowest BCUT2D eigenvalue weighted by molar-refractivity contribution is -0.137. The molecule has 1 unspecified atom stereocenters. The van der Waals surface area contributed by atoms with Gasteiger partial charge in [-0.15, -0.1) is 0 Å². The molecule has 5 heteroatoms. The molecule has 1 aromatic rings. The Hall–Kier alpha value is -1.62. The van der Waals surface area contributed by atoms with E-state index in [9.17, 15) is 14.3 Å². The van der Waals surface area contributed by atoms with Gasteiger partial charge in [0.15, 0.2) is 0 Å². The number of phenols is 1. The fourth-order valence-electron chi connectivity index (χ4n) is 2.35. The zero-order valence-corrected chi connectivity index (χ0v) is 12.1. The Morgan fingerprint density at radius 1 is 1.35 bits per heavy atom. The highest BCUT2D eigenvalue weighted by Crippen LogP contribution is 2.27. The fourth-order valence-corrected chi connectivity index (χ4v) is 2.35. The van der Waals surface area contributed by atoms with Crippen LogP contribution in [0.3, 0.4) is 0 Å². The molecular formula is C15H22FNO3. The average Bonchev–Trinajstić information content (AvgIpc) is 2.33. The molecule has 0 saturated carbocycles. The summed E-state index contributed by atoms with van der Waals surface area (Å²) in [5, 5.41) is 17.9. The van der Waals surface area contributed by atoms with Crippen molar-refractivity contribution < 1.29 is 19.4 Å². The first-order valence-corrected chi connectivity index (χ1v) is 6.79. The number of aliphatic carboxylic acids is 1. The Balaban J connectivity index is 2.82. The lowest BCUT2D eigenvalue weighted by Gasteiger charge is -2.33. The van der Waals surface area contributed by atoms with Gasteiger partial charge in [0.1, 0.15) is 11.6 Å². The van der Waals surface area contributed by atoms with Crippen molar-refractivity contribution in [3.8, 4) is 5.75 Å². The number of carboxylic acids is 1. The molecule has 0 spiro atoms. The lowest BCUT2D eigenvalue weighted by atomic mass is 10.0. The number of carbonyl (C=O) groups is 1. The Bertz CT molecular complexity index is 462. The van der Waals surface area contributed by atoms with Gasteiger partial charge >= 0.3 is 5.97 Å². The Morgan fingerprint density at radius 3 is 2.50 bits per heavy atom. The lowest BCUT2D eigenvalue weighted by Crippen LogP contribution is -2.35. The van der Waals surface area contributed by atoms with E-state index in [1.807, 2.05) is 20.8 Å². The van der Waals surface area contributed by atoms with Crippen LogP contribution in [0.15, 0.2) is 18.2 Å². The van der Waals surface area contributed by atoms with Crippen LogP contribution in [0.2, 0.25) is 0 Å². The van der Waals surface area contributed by atoms with Gasteiger partial charge in [-0.3, -0.25) is 9.69 Å². The van der Waals surface area contributed by atoms with Crippen LogP contribution in [0.5, 0.6) is 5.75 Å². The van der Waals surface area contributed by atoms with Gasteiger partial charge in [0.05, 0.1) is 0 Å². The summed E-state index contributed by atoms with van der Waals surface area (Å²) in [6.07, 6.45) is 0.631. The number of halogens is 1. The highest BCUT2D eigenvalue weighted by Gasteiger charge is 2.21. The monoisotopic (exact) mass is 283 g/mol. The van der Waals surface area contributed by atoms with Crippen LogP contribution in [0.25, 0.3) is 0 Å². The normalized spacial score (nSPS) is 12.9. The number of aromatic hydroxyl groups is 1. The van der Waals surface area contributed by atoms with Crippen LogP contribution in [-0.2, 0) is 4.79 Å². The Morgan fingerprint density at radius 2 is 2.00 bits per heavy atom. The molecule has 0 saturated heterocycles. The zero-order valence-electron chi connectivity index (χ0n) is 12.1. The summed E-state index contributed by atoms with van der Waals surface area (Å²) in [6, 6.07) is 4.13. The molecule has 0 heterocycles. The molecule has 20 heavy (non-hydrogen) atoms. The standard InChI is InChI=1S/C15H22FNO3/c1-10(2)17(8-4-5-15(19)20)11(3)13-7-6-12(18)9-14(13)16/h6-7,9-11,18H,4-5,8H2,1-3H3,(H,19,20). The van der Waals surface area contributed by atoms with Crippen molar-refractivity contribution in [3.05, 3.63) is 29.6 Å². The molecule has 1 atom stereocenters. The van der Waals surface area contributed by atoms with E-state index in [0.717, 1.165) is 6.07 Å². The molecule has 0 radical (unpaired) electrons. The first kappa shape index (κ1) is 16.4. The second-order valence-electron chi connectivity index (χ2n) is 5.21. The third kappa shape index (κ3) is 4.49. The molecule has 0 fully saturated rings. The Kier molecular flexibility index (Phi) is 5.95. The molecule has 1 aromatic carbocycles. The molecule has 1 rings (SSSR count). The number of benzene rings is 1. The van der Waals surface area contributed by atoms with Crippen LogP contribution < -0.4 is 0 Å². The molecule has 0 aliphatic carbocycles. The maximum absolute atomic E-state index is 13.9. The molecular weight excluding hydrogens is 261 g/mol. The average molecular weight is 283 g/mol. The predicted molar refractivity (Wildman–Crippen MR) is 75.2 cm³/mol. The molecule has 4 nitrogen and oxygen atoms in total. The minimum Gasteiger partial charge on any atom is -0.508 e. The smallest absolute Gasteiger partial charge is 0.303 e. The highest BCUT2D eigenvalue weighted by molar-refractivity contribution is 5.66. The quantitative estimate of drug-likeness (QED) is 0.807. The van der Waals surface area contributed by atoms with Gasteiger partial charge < -0.3 is 10.2 Å². The second-order valence-corrected chi connectivity index (χ2v) is 5.21. The molecule has 112 valence electrons. The summed E-state index contributed by atoms with van der Waals surface area (Å²) in [4.78, 5) is 12.6. The molecule has 0 amide bonds. The third-order valence-electron chi connectivity index (χ3n) is 3.40. The van der Waals surface area contributed by atoms with Crippen molar-refractivity contribution in [1.82, 2.24) is 4.90 Å².